The van der Waals surface area contributed by atoms with E-state index in [4.69, 9.17) is 0 Å². The van der Waals surface area contributed by atoms with Gasteiger partial charge in [-0.2, -0.15) is 0 Å². The van der Waals surface area contributed by atoms with Crippen LogP contribution < -0.4 is 10.6 Å². The summed E-state index contributed by atoms with van der Waals surface area (Å²) < 4.78 is 0. The largest absolute Gasteiger partial charge is 0.352 e. The summed E-state index contributed by atoms with van der Waals surface area (Å²) in [5.74, 6) is 1.02. The molecular weight excluding hydrogens is 188 g/mol. The second-order valence-electron chi connectivity index (χ2n) is 5.08. The van der Waals surface area contributed by atoms with Crippen LogP contribution in [0, 0.1) is 5.92 Å². The Hall–Kier alpha value is -0.570. The van der Waals surface area contributed by atoms with Crippen molar-refractivity contribution in [2.75, 3.05) is 6.54 Å². The molecule has 0 radical (unpaired) electrons. The molecule has 1 saturated carbocycles. The van der Waals surface area contributed by atoms with Crippen LogP contribution in [0.2, 0.25) is 0 Å². The lowest BCUT2D eigenvalue weighted by molar-refractivity contribution is -0.119. The molecule has 1 aliphatic heterocycles. The van der Waals surface area contributed by atoms with Gasteiger partial charge in [-0.1, -0.05) is 19.8 Å². The van der Waals surface area contributed by atoms with Gasteiger partial charge in [0.15, 0.2) is 0 Å². The molecule has 2 fully saturated rings. The third kappa shape index (κ3) is 2.94. The molecule has 2 rings (SSSR count). The molecule has 1 aliphatic carbocycles. The molecule has 1 saturated heterocycles. The number of carbonyl (C=O) groups is 1. The maximum absolute atomic E-state index is 11.0. The molecule has 3 nitrogen and oxygen atoms in total. The molecule has 86 valence electrons. The third-order valence-corrected chi connectivity index (χ3v) is 3.82. The molecular formula is C12H22N2O. The fraction of sp³-hybridized carbons (Fsp3) is 0.917. The molecule has 3 unspecified atom stereocenters. The first-order valence-corrected chi connectivity index (χ1v) is 6.28. The maximum atomic E-state index is 11.0. The first-order chi connectivity index (χ1) is 7.25. The second kappa shape index (κ2) is 4.97. The van der Waals surface area contributed by atoms with Crippen LogP contribution in [0.25, 0.3) is 0 Å². The van der Waals surface area contributed by atoms with Crippen molar-refractivity contribution in [3.8, 4) is 0 Å². The van der Waals surface area contributed by atoms with Crippen LogP contribution in [0.3, 0.4) is 0 Å². The van der Waals surface area contributed by atoms with E-state index in [1.54, 1.807) is 0 Å². The number of hydrogen-bond acceptors (Lipinski definition) is 2. The van der Waals surface area contributed by atoms with Gasteiger partial charge < -0.3 is 10.6 Å². The summed E-state index contributed by atoms with van der Waals surface area (Å²) >= 11 is 0. The van der Waals surface area contributed by atoms with Gasteiger partial charge in [-0.05, 0) is 25.2 Å². The first kappa shape index (κ1) is 10.9. The average molecular weight is 210 g/mol. The molecule has 0 aromatic rings. The summed E-state index contributed by atoms with van der Waals surface area (Å²) in [6.07, 6.45) is 7.13. The maximum Gasteiger partial charge on any atom is 0.220 e. The zero-order valence-electron chi connectivity index (χ0n) is 9.59. The topological polar surface area (TPSA) is 41.1 Å². The van der Waals surface area contributed by atoms with Gasteiger partial charge in [-0.15, -0.1) is 0 Å². The average Bonchev–Trinajstić information content (AvgIpc) is 2.63. The highest BCUT2D eigenvalue weighted by Gasteiger charge is 2.24. The van der Waals surface area contributed by atoms with Crippen LogP contribution in [0.4, 0.5) is 0 Å². The molecule has 0 spiro atoms. The smallest absolute Gasteiger partial charge is 0.220 e. The minimum Gasteiger partial charge on any atom is -0.352 e. The van der Waals surface area contributed by atoms with Crippen molar-refractivity contribution in [3.05, 3.63) is 0 Å². The predicted molar refractivity (Wildman–Crippen MR) is 60.6 cm³/mol. The molecule has 3 atom stereocenters. The van der Waals surface area contributed by atoms with Crippen molar-refractivity contribution in [2.24, 2.45) is 5.92 Å². The van der Waals surface area contributed by atoms with Gasteiger partial charge in [0.05, 0.1) is 0 Å². The van der Waals surface area contributed by atoms with Crippen molar-refractivity contribution < 1.29 is 4.79 Å². The Bertz CT molecular complexity index is 230. The number of rotatable bonds is 3. The van der Waals surface area contributed by atoms with E-state index in [0.29, 0.717) is 18.5 Å². The van der Waals surface area contributed by atoms with Gasteiger partial charge in [0.2, 0.25) is 5.91 Å². The zero-order chi connectivity index (χ0) is 10.7. The summed E-state index contributed by atoms with van der Waals surface area (Å²) in [4.78, 5) is 11.0. The fourth-order valence-corrected chi connectivity index (χ4v) is 2.74. The zero-order valence-corrected chi connectivity index (χ0v) is 9.59. The van der Waals surface area contributed by atoms with E-state index in [2.05, 4.69) is 17.6 Å². The molecule has 2 N–H and O–H groups in total. The van der Waals surface area contributed by atoms with Gasteiger partial charge in [-0.25, -0.2) is 0 Å². The highest BCUT2D eigenvalue weighted by atomic mass is 16.1. The molecule has 0 bridgehead atoms. The Balaban J connectivity index is 1.70. The summed E-state index contributed by atoms with van der Waals surface area (Å²) in [6, 6.07) is 1.06. The molecule has 3 heteroatoms. The lowest BCUT2D eigenvalue weighted by atomic mass is 9.86. The first-order valence-electron chi connectivity index (χ1n) is 6.28. The standard InChI is InChI=1S/C12H22N2O/c1-9-4-2-3-5-11(9)13-8-10-6-7-12(15)14-10/h9-11,13H,2-8H2,1H3,(H,14,15). The number of carbonyl (C=O) groups excluding carboxylic acids is 1. The quantitative estimate of drug-likeness (QED) is 0.740. The van der Waals surface area contributed by atoms with E-state index in [9.17, 15) is 4.79 Å². The fourth-order valence-electron chi connectivity index (χ4n) is 2.74. The molecule has 0 aromatic heterocycles. The van der Waals surface area contributed by atoms with E-state index in [1.165, 1.54) is 25.7 Å². The van der Waals surface area contributed by atoms with E-state index in [-0.39, 0.29) is 5.91 Å². The van der Waals surface area contributed by atoms with E-state index in [0.717, 1.165) is 18.9 Å². The number of nitrogens with one attached hydrogen (secondary N) is 2. The van der Waals surface area contributed by atoms with Crippen LogP contribution in [0.15, 0.2) is 0 Å². The molecule has 2 aliphatic rings. The minimum atomic E-state index is 0.221. The van der Waals surface area contributed by atoms with Crippen LogP contribution >= 0.6 is 0 Å². The Kier molecular flexibility index (Phi) is 3.62. The van der Waals surface area contributed by atoms with Crippen molar-refractivity contribution in [1.29, 1.82) is 0 Å². The second-order valence-corrected chi connectivity index (χ2v) is 5.08. The normalized spacial score (nSPS) is 36.6. The van der Waals surface area contributed by atoms with Crippen LogP contribution in [0.5, 0.6) is 0 Å². The van der Waals surface area contributed by atoms with Gasteiger partial charge in [0.1, 0.15) is 0 Å². The van der Waals surface area contributed by atoms with Gasteiger partial charge in [0.25, 0.3) is 0 Å². The molecule has 1 heterocycles. The number of hydrogen-bond donors (Lipinski definition) is 2. The Labute approximate surface area is 92.0 Å². The van der Waals surface area contributed by atoms with Gasteiger partial charge in [0, 0.05) is 25.0 Å². The molecule has 0 aromatic carbocycles. The molecule has 15 heavy (non-hydrogen) atoms. The third-order valence-electron chi connectivity index (χ3n) is 3.82. The lowest BCUT2D eigenvalue weighted by Gasteiger charge is -2.30. The van der Waals surface area contributed by atoms with Crippen molar-refractivity contribution in [2.45, 2.75) is 57.5 Å². The summed E-state index contributed by atoms with van der Waals surface area (Å²) in [5.41, 5.74) is 0. The Morgan fingerprint density at radius 3 is 2.80 bits per heavy atom. The Morgan fingerprint density at radius 1 is 1.33 bits per heavy atom. The monoisotopic (exact) mass is 210 g/mol. The van der Waals surface area contributed by atoms with Gasteiger partial charge in [-0.3, -0.25) is 4.79 Å². The predicted octanol–water partition coefficient (Wildman–Crippen LogP) is 1.43. The number of amides is 1. The van der Waals surface area contributed by atoms with E-state index in [1.807, 2.05) is 0 Å². The molecule has 1 amide bonds. The van der Waals surface area contributed by atoms with Crippen LogP contribution in [-0.4, -0.2) is 24.5 Å². The van der Waals surface area contributed by atoms with E-state index >= 15 is 0 Å². The highest BCUT2D eigenvalue weighted by molar-refractivity contribution is 5.78. The van der Waals surface area contributed by atoms with Gasteiger partial charge >= 0.3 is 0 Å². The highest BCUT2D eigenvalue weighted by Crippen LogP contribution is 2.23. The summed E-state index contributed by atoms with van der Waals surface area (Å²) in [7, 11) is 0. The minimum absolute atomic E-state index is 0.221. The van der Waals surface area contributed by atoms with Crippen LogP contribution in [-0.2, 0) is 4.79 Å². The summed E-state index contributed by atoms with van der Waals surface area (Å²) in [5, 5.41) is 6.63. The van der Waals surface area contributed by atoms with Crippen molar-refractivity contribution >= 4 is 5.91 Å². The van der Waals surface area contributed by atoms with Crippen LogP contribution in [0.1, 0.15) is 45.4 Å². The summed E-state index contributed by atoms with van der Waals surface area (Å²) in [6.45, 7) is 3.30. The van der Waals surface area contributed by atoms with Crippen molar-refractivity contribution in [1.82, 2.24) is 10.6 Å². The Morgan fingerprint density at radius 2 is 2.13 bits per heavy atom. The SMILES string of the molecule is CC1CCCCC1NCC1CCC(=O)N1. The van der Waals surface area contributed by atoms with Crippen molar-refractivity contribution in [3.63, 3.8) is 0 Å². The lowest BCUT2D eigenvalue weighted by Crippen LogP contribution is -2.44. The van der Waals surface area contributed by atoms with E-state index < -0.39 is 0 Å².